The minimum atomic E-state index is -0.641. The highest BCUT2D eigenvalue weighted by atomic mass is 32.2. The SMILES string of the molecule is COc1ccc(-c2csc(NC(=O)COC(=O)c3ccccc3Sc3ccccc3C#N)n2)cc1OC. The number of thiazole rings is 1. The van der Waals surface area contributed by atoms with E-state index in [1.807, 2.05) is 18.2 Å². The zero-order chi connectivity index (χ0) is 26.2. The van der Waals surface area contributed by atoms with Crippen LogP contribution in [0.25, 0.3) is 11.3 Å². The second-order valence-corrected chi connectivity index (χ2v) is 9.38. The summed E-state index contributed by atoms with van der Waals surface area (Å²) in [6.07, 6.45) is 0. The van der Waals surface area contributed by atoms with Crippen molar-refractivity contribution in [3.05, 3.63) is 83.2 Å². The average Bonchev–Trinajstić information content (AvgIpc) is 3.40. The Balaban J connectivity index is 1.38. The normalized spacial score (nSPS) is 10.3. The standard InChI is InChI=1S/C27H21N3O5S2/c1-33-21-12-11-17(13-22(21)34-2)20-16-36-27(29-20)30-25(31)15-35-26(32)19-8-4-6-10-24(19)37-23-9-5-3-7-18(23)14-28/h3-13,16H,15H2,1-2H3,(H,29,30,31). The summed E-state index contributed by atoms with van der Waals surface area (Å²) in [7, 11) is 3.12. The van der Waals surface area contributed by atoms with Crippen molar-refractivity contribution in [2.24, 2.45) is 0 Å². The Morgan fingerprint density at radius 1 is 1.00 bits per heavy atom. The number of amides is 1. The number of benzene rings is 3. The van der Waals surface area contributed by atoms with E-state index in [1.165, 1.54) is 23.1 Å². The molecule has 0 fully saturated rings. The minimum absolute atomic E-state index is 0.304. The Bertz CT molecular complexity index is 1480. The van der Waals surface area contributed by atoms with Crippen molar-refractivity contribution in [2.45, 2.75) is 9.79 Å². The molecule has 0 radical (unpaired) electrons. The van der Waals surface area contributed by atoms with Crippen LogP contribution in [0.2, 0.25) is 0 Å². The molecule has 0 saturated heterocycles. The summed E-state index contributed by atoms with van der Waals surface area (Å²) in [5, 5.41) is 14.2. The quantitative estimate of drug-likeness (QED) is 0.276. The maximum absolute atomic E-state index is 12.8. The highest BCUT2D eigenvalue weighted by Crippen LogP contribution is 2.34. The number of nitrogens with zero attached hydrogens (tertiary/aromatic N) is 2. The van der Waals surface area contributed by atoms with E-state index in [-0.39, 0.29) is 0 Å². The molecule has 4 aromatic rings. The number of carbonyl (C=O) groups is 2. The second kappa shape index (κ2) is 12.1. The smallest absolute Gasteiger partial charge is 0.339 e. The molecule has 1 heterocycles. The Labute approximate surface area is 221 Å². The number of ether oxygens (including phenoxy) is 3. The molecule has 0 saturated carbocycles. The fourth-order valence-corrected chi connectivity index (χ4v) is 5.07. The van der Waals surface area contributed by atoms with E-state index in [1.54, 1.807) is 68.1 Å². The summed E-state index contributed by atoms with van der Waals surface area (Å²) in [5.74, 6) is 0.0190. The minimum Gasteiger partial charge on any atom is -0.493 e. The molecule has 1 aromatic heterocycles. The third-order valence-corrected chi connectivity index (χ3v) is 7.01. The van der Waals surface area contributed by atoms with Crippen molar-refractivity contribution in [1.82, 2.24) is 4.98 Å². The largest absolute Gasteiger partial charge is 0.493 e. The second-order valence-electron chi connectivity index (χ2n) is 7.44. The Kier molecular flexibility index (Phi) is 8.40. The van der Waals surface area contributed by atoms with Gasteiger partial charge in [-0.15, -0.1) is 11.3 Å². The van der Waals surface area contributed by atoms with Gasteiger partial charge in [0.05, 0.1) is 31.0 Å². The Hall–Kier alpha value is -4.33. The van der Waals surface area contributed by atoms with Crippen LogP contribution in [-0.4, -0.2) is 37.7 Å². The van der Waals surface area contributed by atoms with Crippen molar-refractivity contribution in [1.29, 1.82) is 5.26 Å². The number of nitriles is 1. The first-order chi connectivity index (χ1) is 18.0. The third kappa shape index (κ3) is 6.27. The van der Waals surface area contributed by atoms with Crippen LogP contribution >= 0.6 is 23.1 Å². The Morgan fingerprint density at radius 2 is 1.73 bits per heavy atom. The summed E-state index contributed by atoms with van der Waals surface area (Å²) < 4.78 is 15.8. The number of methoxy groups -OCH3 is 2. The Morgan fingerprint density at radius 3 is 2.49 bits per heavy atom. The molecule has 0 unspecified atom stereocenters. The lowest BCUT2D eigenvalue weighted by atomic mass is 10.1. The van der Waals surface area contributed by atoms with E-state index in [0.717, 1.165) is 10.5 Å². The van der Waals surface area contributed by atoms with Gasteiger partial charge in [0, 0.05) is 20.7 Å². The van der Waals surface area contributed by atoms with E-state index < -0.39 is 18.5 Å². The van der Waals surface area contributed by atoms with E-state index in [0.29, 0.717) is 38.3 Å². The fourth-order valence-electron chi connectivity index (χ4n) is 3.31. The molecule has 1 amide bonds. The predicted molar refractivity (Wildman–Crippen MR) is 141 cm³/mol. The van der Waals surface area contributed by atoms with Crippen LogP contribution in [-0.2, 0) is 9.53 Å². The highest BCUT2D eigenvalue weighted by molar-refractivity contribution is 7.99. The summed E-state index contributed by atoms with van der Waals surface area (Å²) in [6.45, 7) is -0.474. The predicted octanol–water partition coefficient (Wildman–Crippen LogP) is 5.65. The number of hydrogen-bond donors (Lipinski definition) is 1. The van der Waals surface area contributed by atoms with Crippen LogP contribution in [0.15, 0.2) is 81.9 Å². The van der Waals surface area contributed by atoms with Gasteiger partial charge >= 0.3 is 5.97 Å². The molecule has 10 heteroatoms. The maximum atomic E-state index is 12.8. The van der Waals surface area contributed by atoms with Gasteiger partial charge in [0.15, 0.2) is 23.2 Å². The molecule has 1 N–H and O–H groups in total. The van der Waals surface area contributed by atoms with Crippen molar-refractivity contribution in [2.75, 3.05) is 26.1 Å². The molecule has 0 aliphatic carbocycles. The van der Waals surface area contributed by atoms with E-state index in [9.17, 15) is 14.9 Å². The van der Waals surface area contributed by atoms with Gasteiger partial charge < -0.3 is 14.2 Å². The molecular weight excluding hydrogens is 510 g/mol. The lowest BCUT2D eigenvalue weighted by Gasteiger charge is -2.10. The van der Waals surface area contributed by atoms with Gasteiger partial charge in [0.1, 0.15) is 6.07 Å². The van der Waals surface area contributed by atoms with E-state index >= 15 is 0 Å². The first-order valence-corrected chi connectivity index (χ1v) is 12.6. The molecule has 8 nitrogen and oxygen atoms in total. The monoisotopic (exact) mass is 531 g/mol. The highest BCUT2D eigenvalue weighted by Gasteiger charge is 2.17. The first-order valence-electron chi connectivity index (χ1n) is 10.9. The summed E-state index contributed by atoms with van der Waals surface area (Å²) in [4.78, 5) is 31.0. The van der Waals surface area contributed by atoms with Crippen LogP contribution in [0.4, 0.5) is 5.13 Å². The number of esters is 1. The van der Waals surface area contributed by atoms with Gasteiger partial charge in [-0.3, -0.25) is 10.1 Å². The molecule has 0 aliphatic rings. The van der Waals surface area contributed by atoms with Gasteiger partial charge in [-0.1, -0.05) is 36.0 Å². The van der Waals surface area contributed by atoms with Crippen LogP contribution in [0, 0.1) is 11.3 Å². The lowest BCUT2D eigenvalue weighted by molar-refractivity contribution is -0.119. The zero-order valence-electron chi connectivity index (χ0n) is 19.9. The molecule has 0 aliphatic heterocycles. The maximum Gasteiger partial charge on any atom is 0.339 e. The number of nitrogens with one attached hydrogen (secondary N) is 1. The molecule has 186 valence electrons. The molecule has 3 aromatic carbocycles. The summed E-state index contributed by atoms with van der Waals surface area (Å²) in [5.41, 5.74) is 2.26. The fraction of sp³-hybridized carbons (Fsp3) is 0.111. The van der Waals surface area contributed by atoms with Crippen molar-refractivity contribution < 1.29 is 23.8 Å². The van der Waals surface area contributed by atoms with Gasteiger partial charge in [0.2, 0.25) is 0 Å². The van der Waals surface area contributed by atoms with Crippen molar-refractivity contribution >= 4 is 40.1 Å². The van der Waals surface area contributed by atoms with Gasteiger partial charge in [-0.2, -0.15) is 5.26 Å². The number of hydrogen-bond acceptors (Lipinski definition) is 9. The zero-order valence-corrected chi connectivity index (χ0v) is 21.5. The first kappa shape index (κ1) is 25.8. The molecule has 0 atom stereocenters. The lowest BCUT2D eigenvalue weighted by Crippen LogP contribution is -2.21. The van der Waals surface area contributed by atoms with Crippen molar-refractivity contribution in [3.63, 3.8) is 0 Å². The third-order valence-electron chi connectivity index (χ3n) is 5.10. The van der Waals surface area contributed by atoms with Crippen LogP contribution in [0.5, 0.6) is 11.5 Å². The molecule has 0 bridgehead atoms. The van der Waals surface area contributed by atoms with Crippen molar-refractivity contribution in [3.8, 4) is 28.8 Å². The number of aromatic nitrogens is 1. The topological polar surface area (TPSA) is 111 Å². The number of anilines is 1. The van der Waals surface area contributed by atoms with E-state index in [4.69, 9.17) is 14.2 Å². The molecular formula is C27H21N3O5S2. The van der Waals surface area contributed by atoms with Crippen LogP contribution in [0.1, 0.15) is 15.9 Å². The van der Waals surface area contributed by atoms with Crippen LogP contribution in [0.3, 0.4) is 0 Å². The summed E-state index contributed by atoms with van der Waals surface area (Å²) in [6, 6.07) is 21.6. The number of carbonyl (C=O) groups excluding carboxylic acids is 2. The van der Waals surface area contributed by atoms with Gasteiger partial charge in [-0.05, 0) is 42.5 Å². The molecule has 4 rings (SSSR count). The molecule has 0 spiro atoms. The average molecular weight is 532 g/mol. The van der Waals surface area contributed by atoms with Crippen LogP contribution < -0.4 is 14.8 Å². The van der Waals surface area contributed by atoms with Gasteiger partial charge in [0.25, 0.3) is 5.91 Å². The van der Waals surface area contributed by atoms with Gasteiger partial charge in [-0.25, -0.2) is 9.78 Å². The number of rotatable bonds is 9. The molecule has 37 heavy (non-hydrogen) atoms. The van der Waals surface area contributed by atoms with E-state index in [2.05, 4.69) is 16.4 Å². The summed E-state index contributed by atoms with van der Waals surface area (Å²) >= 11 is 2.54.